The van der Waals surface area contributed by atoms with Crippen LogP contribution in [0.4, 0.5) is 0 Å². The van der Waals surface area contributed by atoms with E-state index in [9.17, 15) is 9.59 Å². The molecule has 0 unspecified atom stereocenters. The number of carbonyl (C=O) groups is 1. The summed E-state index contributed by atoms with van der Waals surface area (Å²) >= 11 is 6.45. The molecule has 3 aromatic rings. The Morgan fingerprint density at radius 3 is 2.56 bits per heavy atom. The number of carbonyl (C=O) groups excluding carboxylic acids is 1. The lowest BCUT2D eigenvalue weighted by atomic mass is 10.2. The van der Waals surface area contributed by atoms with Crippen molar-refractivity contribution in [2.75, 3.05) is 27.4 Å². The summed E-state index contributed by atoms with van der Waals surface area (Å²) in [5.74, 6) is 0.947. The van der Waals surface area contributed by atoms with E-state index in [2.05, 4.69) is 4.98 Å². The van der Waals surface area contributed by atoms with E-state index in [0.717, 1.165) is 11.8 Å². The summed E-state index contributed by atoms with van der Waals surface area (Å²) in [7, 11) is 3.13. The van der Waals surface area contributed by atoms with Crippen molar-refractivity contribution in [1.29, 1.82) is 0 Å². The number of amides is 1. The highest BCUT2D eigenvalue weighted by molar-refractivity contribution is 8.26. The van der Waals surface area contributed by atoms with E-state index in [-0.39, 0.29) is 22.9 Å². The molecule has 1 aromatic carbocycles. The Bertz CT molecular complexity index is 1270. The van der Waals surface area contributed by atoms with E-state index in [4.69, 9.17) is 26.4 Å². The highest BCUT2D eigenvalue weighted by atomic mass is 32.2. The van der Waals surface area contributed by atoms with Gasteiger partial charge in [0.25, 0.3) is 11.5 Å². The number of nitrogens with zero attached hydrogens (tertiary/aromatic N) is 3. The molecule has 10 heteroatoms. The first-order valence-corrected chi connectivity index (χ1v) is 10.8. The van der Waals surface area contributed by atoms with Gasteiger partial charge in [-0.25, -0.2) is 0 Å². The van der Waals surface area contributed by atoms with Crippen molar-refractivity contribution in [3.8, 4) is 17.4 Å². The third-order valence-corrected chi connectivity index (χ3v) is 6.05. The molecule has 3 heterocycles. The molecule has 1 aliphatic rings. The second-order valence-electron chi connectivity index (χ2n) is 6.67. The summed E-state index contributed by atoms with van der Waals surface area (Å²) in [6.45, 7) is 0.689. The molecule has 8 nitrogen and oxygen atoms in total. The molecule has 0 bridgehead atoms. The number of benzene rings is 1. The fraction of sp³-hybridized carbons (Fsp3) is 0.182. The Hall–Kier alpha value is -3.21. The standard InChI is InChI=1S/C22H19N3O5S2/c1-28-12-11-25-21(27)17(32-22(25)31)13-16-19(30-15-8-6-14(29-2)7-9-15)23-18-5-3-4-10-24(18)20(16)26/h3-10,13H,11-12H2,1-2H3/b17-13-. The van der Waals surface area contributed by atoms with E-state index in [1.165, 1.54) is 15.4 Å². The zero-order chi connectivity index (χ0) is 22.7. The molecule has 1 fully saturated rings. The van der Waals surface area contributed by atoms with Crippen LogP contribution >= 0.6 is 24.0 Å². The summed E-state index contributed by atoms with van der Waals surface area (Å²) in [6.07, 6.45) is 3.10. The van der Waals surface area contributed by atoms with Crippen molar-refractivity contribution in [1.82, 2.24) is 14.3 Å². The Balaban J connectivity index is 1.78. The van der Waals surface area contributed by atoms with Gasteiger partial charge in [-0.05, 0) is 42.5 Å². The first-order valence-electron chi connectivity index (χ1n) is 9.59. The van der Waals surface area contributed by atoms with Crippen LogP contribution in [0.1, 0.15) is 5.56 Å². The van der Waals surface area contributed by atoms with Gasteiger partial charge < -0.3 is 14.2 Å². The maximum Gasteiger partial charge on any atom is 0.269 e. The van der Waals surface area contributed by atoms with Crippen molar-refractivity contribution in [2.24, 2.45) is 0 Å². The predicted molar refractivity (Wildman–Crippen MR) is 126 cm³/mol. The van der Waals surface area contributed by atoms with Crippen LogP contribution in [0.2, 0.25) is 0 Å². The second kappa shape index (κ2) is 9.51. The zero-order valence-electron chi connectivity index (χ0n) is 17.3. The largest absolute Gasteiger partial charge is 0.497 e. The second-order valence-corrected chi connectivity index (χ2v) is 8.34. The molecule has 1 aliphatic heterocycles. The molecule has 1 saturated heterocycles. The topological polar surface area (TPSA) is 82.4 Å². The summed E-state index contributed by atoms with van der Waals surface area (Å²) in [5, 5.41) is 0. The van der Waals surface area contributed by atoms with Gasteiger partial charge in [-0.15, -0.1) is 0 Å². The molecule has 1 amide bonds. The number of ether oxygens (including phenoxy) is 3. The van der Waals surface area contributed by atoms with Crippen LogP contribution in [-0.2, 0) is 9.53 Å². The number of hydrogen-bond acceptors (Lipinski definition) is 8. The molecule has 0 N–H and O–H groups in total. The van der Waals surface area contributed by atoms with Crippen LogP contribution in [-0.4, -0.2) is 51.9 Å². The van der Waals surface area contributed by atoms with E-state index in [1.807, 2.05) is 0 Å². The number of fused-ring (bicyclic) bond motifs is 1. The van der Waals surface area contributed by atoms with Crippen LogP contribution in [0.3, 0.4) is 0 Å². The van der Waals surface area contributed by atoms with Gasteiger partial charge in [-0.3, -0.25) is 18.9 Å². The molecular formula is C22H19N3O5S2. The molecule has 0 spiro atoms. The highest BCUT2D eigenvalue weighted by Gasteiger charge is 2.32. The lowest BCUT2D eigenvalue weighted by Crippen LogP contribution is -2.31. The van der Waals surface area contributed by atoms with Crippen LogP contribution < -0.4 is 15.0 Å². The van der Waals surface area contributed by atoms with E-state index < -0.39 is 0 Å². The number of thioether (sulfide) groups is 1. The van der Waals surface area contributed by atoms with Gasteiger partial charge in [0.15, 0.2) is 0 Å². The molecular weight excluding hydrogens is 450 g/mol. The van der Waals surface area contributed by atoms with E-state index >= 15 is 0 Å². The van der Waals surface area contributed by atoms with Gasteiger partial charge in [0.05, 0.1) is 25.2 Å². The van der Waals surface area contributed by atoms with Crippen molar-refractivity contribution < 1.29 is 19.0 Å². The Morgan fingerprint density at radius 2 is 1.84 bits per heavy atom. The number of thiocarbonyl (C=S) groups is 1. The number of rotatable bonds is 7. The van der Waals surface area contributed by atoms with Crippen LogP contribution in [0, 0.1) is 0 Å². The van der Waals surface area contributed by atoms with Gasteiger partial charge in [-0.2, -0.15) is 4.98 Å². The van der Waals surface area contributed by atoms with Crippen LogP contribution in [0.15, 0.2) is 58.4 Å². The molecule has 0 radical (unpaired) electrons. The van der Waals surface area contributed by atoms with Crippen molar-refractivity contribution in [3.63, 3.8) is 0 Å². The van der Waals surface area contributed by atoms with Crippen molar-refractivity contribution in [3.05, 3.63) is 69.5 Å². The van der Waals surface area contributed by atoms with E-state index in [0.29, 0.717) is 39.5 Å². The summed E-state index contributed by atoms with van der Waals surface area (Å²) in [4.78, 5) is 32.4. The highest BCUT2D eigenvalue weighted by Crippen LogP contribution is 2.34. The Morgan fingerprint density at radius 1 is 1.09 bits per heavy atom. The average Bonchev–Trinajstić information content (AvgIpc) is 3.07. The minimum absolute atomic E-state index is 0.0912. The molecule has 4 rings (SSSR count). The lowest BCUT2D eigenvalue weighted by Gasteiger charge is -2.13. The predicted octanol–water partition coefficient (Wildman–Crippen LogP) is 3.34. The molecule has 0 atom stereocenters. The van der Waals surface area contributed by atoms with Crippen LogP contribution in [0.25, 0.3) is 11.7 Å². The van der Waals surface area contributed by atoms with Gasteiger partial charge >= 0.3 is 0 Å². The molecule has 164 valence electrons. The summed E-state index contributed by atoms with van der Waals surface area (Å²) in [5.41, 5.74) is 0.212. The van der Waals surface area contributed by atoms with Gasteiger partial charge in [-0.1, -0.05) is 30.0 Å². The fourth-order valence-corrected chi connectivity index (χ4v) is 4.34. The maximum atomic E-state index is 13.3. The molecule has 2 aromatic heterocycles. The number of hydrogen-bond donors (Lipinski definition) is 0. The summed E-state index contributed by atoms with van der Waals surface area (Å²) < 4.78 is 18.0. The van der Waals surface area contributed by atoms with Crippen molar-refractivity contribution >= 4 is 45.9 Å². The smallest absolute Gasteiger partial charge is 0.269 e. The Kier molecular flexibility index (Phi) is 6.54. The third kappa shape index (κ3) is 4.38. The quantitative estimate of drug-likeness (QED) is 0.385. The molecule has 32 heavy (non-hydrogen) atoms. The lowest BCUT2D eigenvalue weighted by molar-refractivity contribution is -0.122. The average molecular weight is 470 g/mol. The first kappa shape index (κ1) is 22.0. The molecule has 0 saturated carbocycles. The molecule has 0 aliphatic carbocycles. The fourth-order valence-electron chi connectivity index (χ4n) is 3.05. The minimum atomic E-state index is -0.360. The number of methoxy groups -OCH3 is 2. The van der Waals surface area contributed by atoms with Gasteiger partial charge in [0.2, 0.25) is 5.88 Å². The maximum absolute atomic E-state index is 13.3. The van der Waals surface area contributed by atoms with Gasteiger partial charge in [0, 0.05) is 13.3 Å². The third-order valence-electron chi connectivity index (χ3n) is 4.68. The summed E-state index contributed by atoms with van der Waals surface area (Å²) in [6, 6.07) is 12.1. The normalized spacial score (nSPS) is 15.1. The number of aromatic nitrogens is 2. The first-order chi connectivity index (χ1) is 15.5. The van der Waals surface area contributed by atoms with Crippen LogP contribution in [0.5, 0.6) is 17.4 Å². The SMILES string of the molecule is COCCN1C(=O)/C(=C/c2c(Oc3ccc(OC)cc3)nc3ccccn3c2=O)SC1=S. The minimum Gasteiger partial charge on any atom is -0.497 e. The number of pyridine rings is 1. The Labute approximate surface area is 193 Å². The zero-order valence-corrected chi connectivity index (χ0v) is 18.9. The monoisotopic (exact) mass is 469 g/mol. The van der Waals surface area contributed by atoms with E-state index in [1.54, 1.807) is 62.9 Å². The van der Waals surface area contributed by atoms with Crippen molar-refractivity contribution in [2.45, 2.75) is 0 Å². The van der Waals surface area contributed by atoms with Gasteiger partial charge in [0.1, 0.15) is 27.0 Å².